The first-order valence-electron chi connectivity index (χ1n) is 13.7. The second-order valence-electron chi connectivity index (χ2n) is 9.87. The molecule has 1 fully saturated rings. The lowest BCUT2D eigenvalue weighted by atomic mass is 9.92. The number of hydrogen-bond acceptors (Lipinski definition) is 8. The van der Waals surface area contributed by atoms with Crippen LogP contribution in [0.4, 0.5) is 25.1 Å². The first kappa shape index (κ1) is 28.9. The Hall–Kier alpha value is -4.65. The molecule has 1 atom stereocenters. The van der Waals surface area contributed by atoms with E-state index in [1.54, 1.807) is 12.1 Å². The molecule has 1 aliphatic heterocycles. The molecule has 3 N–H and O–H groups in total. The SMILES string of the molecule is CNC(=O)Nc1ccc(-c2nc(N3CCOCC3)c3onc(C(CCNC=O)CCc4cc(F)cc(F)c4)c3n2)cc1. The van der Waals surface area contributed by atoms with Crippen molar-refractivity contribution in [1.29, 1.82) is 0 Å². The molecule has 4 aromatic rings. The molecule has 42 heavy (non-hydrogen) atoms. The van der Waals surface area contributed by atoms with Gasteiger partial charge in [0.15, 0.2) is 11.6 Å². The highest BCUT2D eigenvalue weighted by atomic mass is 19.1. The standard InChI is InChI=1S/C29H31F2N7O4/c1-32-29(40)34-23-6-4-20(5-7-23)27-35-25-24(37-42-26(25)28(36-27)38-10-12-41-13-11-38)19(8-9-33-17-39)3-2-18-14-21(30)16-22(31)15-18/h4-7,14-17,19H,2-3,8-13H2,1H3,(H,33,39)(H2,32,34,40). The van der Waals surface area contributed by atoms with E-state index in [9.17, 15) is 18.4 Å². The minimum Gasteiger partial charge on any atom is -0.378 e. The van der Waals surface area contributed by atoms with Gasteiger partial charge in [0.05, 0.1) is 13.2 Å². The fourth-order valence-corrected chi connectivity index (χ4v) is 4.95. The van der Waals surface area contributed by atoms with Crippen molar-refractivity contribution in [3.63, 3.8) is 0 Å². The summed E-state index contributed by atoms with van der Waals surface area (Å²) in [5, 5.41) is 12.3. The van der Waals surface area contributed by atoms with Crippen molar-refractivity contribution in [3.05, 3.63) is 65.4 Å². The van der Waals surface area contributed by atoms with Crippen LogP contribution in [-0.4, -0.2) is 67.5 Å². The van der Waals surface area contributed by atoms with E-state index in [4.69, 9.17) is 19.2 Å². The number of ether oxygens (including phenoxy) is 1. The molecule has 1 saturated heterocycles. The van der Waals surface area contributed by atoms with Crippen molar-refractivity contribution in [3.8, 4) is 11.4 Å². The normalized spacial score (nSPS) is 14.0. The van der Waals surface area contributed by atoms with Crippen molar-refractivity contribution in [2.45, 2.75) is 25.2 Å². The molecule has 3 heterocycles. The molecule has 220 valence electrons. The Labute approximate surface area is 240 Å². The Kier molecular flexibility index (Phi) is 9.17. The van der Waals surface area contributed by atoms with Gasteiger partial charge in [0.1, 0.15) is 22.8 Å². The number of nitrogens with zero attached hydrogens (tertiary/aromatic N) is 4. The average molecular weight is 580 g/mol. The zero-order valence-corrected chi connectivity index (χ0v) is 23.0. The number of benzene rings is 2. The number of morpholine rings is 1. The largest absolute Gasteiger partial charge is 0.378 e. The van der Waals surface area contributed by atoms with Crippen molar-refractivity contribution in [2.24, 2.45) is 0 Å². The summed E-state index contributed by atoms with van der Waals surface area (Å²) in [6.45, 7) is 2.65. The molecule has 5 rings (SSSR count). The number of amides is 3. The summed E-state index contributed by atoms with van der Waals surface area (Å²) in [7, 11) is 1.54. The molecule has 11 nitrogen and oxygen atoms in total. The second-order valence-corrected chi connectivity index (χ2v) is 9.87. The lowest BCUT2D eigenvalue weighted by Crippen LogP contribution is -2.37. The first-order chi connectivity index (χ1) is 20.4. The van der Waals surface area contributed by atoms with Gasteiger partial charge < -0.3 is 30.1 Å². The van der Waals surface area contributed by atoms with Crippen LogP contribution in [0.1, 0.15) is 30.0 Å². The lowest BCUT2D eigenvalue weighted by molar-refractivity contribution is -0.109. The van der Waals surface area contributed by atoms with E-state index in [2.05, 4.69) is 26.0 Å². The average Bonchev–Trinajstić information content (AvgIpc) is 3.42. The maximum absolute atomic E-state index is 13.8. The van der Waals surface area contributed by atoms with Crippen LogP contribution in [-0.2, 0) is 16.0 Å². The highest BCUT2D eigenvalue weighted by Crippen LogP contribution is 2.35. The minimum absolute atomic E-state index is 0.246. The molecule has 0 aliphatic carbocycles. The molecule has 2 aromatic carbocycles. The van der Waals surface area contributed by atoms with E-state index in [1.165, 1.54) is 19.2 Å². The molecule has 1 aliphatic rings. The van der Waals surface area contributed by atoms with Gasteiger partial charge in [-0.2, -0.15) is 0 Å². The monoisotopic (exact) mass is 579 g/mol. The van der Waals surface area contributed by atoms with Gasteiger partial charge in [-0.1, -0.05) is 5.16 Å². The summed E-state index contributed by atoms with van der Waals surface area (Å²) in [6.07, 6.45) is 1.99. The zero-order chi connectivity index (χ0) is 29.5. The zero-order valence-electron chi connectivity index (χ0n) is 23.0. The van der Waals surface area contributed by atoms with Gasteiger partial charge in [-0.25, -0.2) is 23.5 Å². The molecule has 0 radical (unpaired) electrons. The molecule has 2 aromatic heterocycles. The van der Waals surface area contributed by atoms with Crippen LogP contribution < -0.4 is 20.9 Å². The predicted octanol–water partition coefficient (Wildman–Crippen LogP) is 4.00. The lowest BCUT2D eigenvalue weighted by Gasteiger charge is -2.27. The van der Waals surface area contributed by atoms with Crippen LogP contribution in [0.5, 0.6) is 0 Å². The maximum Gasteiger partial charge on any atom is 0.318 e. The summed E-state index contributed by atoms with van der Waals surface area (Å²) in [6, 6.07) is 10.3. The quantitative estimate of drug-likeness (QED) is 0.179. The number of hydrogen-bond donors (Lipinski definition) is 3. The summed E-state index contributed by atoms with van der Waals surface area (Å²) in [5.74, 6) is -0.497. The Morgan fingerprint density at radius 3 is 2.50 bits per heavy atom. The number of aryl methyl sites for hydroxylation is 1. The van der Waals surface area contributed by atoms with Crippen LogP contribution in [0.15, 0.2) is 47.0 Å². The fourth-order valence-electron chi connectivity index (χ4n) is 4.95. The number of fused-ring (bicyclic) bond motifs is 1. The molecular formula is C29H31F2N7O4. The second kappa shape index (κ2) is 13.3. The van der Waals surface area contributed by atoms with Crippen LogP contribution in [0.2, 0.25) is 0 Å². The number of urea groups is 1. The predicted molar refractivity (Wildman–Crippen MR) is 152 cm³/mol. The van der Waals surface area contributed by atoms with Crippen LogP contribution in [0, 0.1) is 11.6 Å². The molecular weight excluding hydrogens is 548 g/mol. The van der Waals surface area contributed by atoms with Crippen molar-refractivity contribution in [2.75, 3.05) is 50.1 Å². The van der Waals surface area contributed by atoms with Gasteiger partial charge >= 0.3 is 6.03 Å². The maximum atomic E-state index is 13.8. The summed E-state index contributed by atoms with van der Waals surface area (Å²) >= 11 is 0. The Morgan fingerprint density at radius 1 is 1.07 bits per heavy atom. The molecule has 1 unspecified atom stereocenters. The third-order valence-corrected chi connectivity index (χ3v) is 7.08. The van der Waals surface area contributed by atoms with Gasteiger partial charge in [0, 0.05) is 49.9 Å². The number of carbonyl (C=O) groups excluding carboxylic acids is 2. The minimum atomic E-state index is -0.639. The third kappa shape index (κ3) is 6.79. The summed E-state index contributed by atoms with van der Waals surface area (Å²) < 4.78 is 39.1. The Balaban J connectivity index is 1.53. The molecule has 3 amide bonds. The number of nitrogens with one attached hydrogen (secondary N) is 3. The molecule has 0 saturated carbocycles. The highest BCUT2D eigenvalue weighted by molar-refractivity contribution is 5.90. The van der Waals surface area contributed by atoms with Gasteiger partial charge in [0.25, 0.3) is 0 Å². The molecule has 0 spiro atoms. The van der Waals surface area contributed by atoms with E-state index in [-0.39, 0.29) is 11.9 Å². The number of rotatable bonds is 11. The Bertz CT molecular complexity index is 1520. The van der Waals surface area contributed by atoms with Crippen molar-refractivity contribution >= 4 is 35.0 Å². The topological polar surface area (TPSA) is 135 Å². The number of aromatic nitrogens is 3. The molecule has 0 bridgehead atoms. The van der Waals surface area contributed by atoms with E-state index in [0.717, 1.165) is 11.6 Å². The fraction of sp³-hybridized carbons (Fsp3) is 0.345. The van der Waals surface area contributed by atoms with Gasteiger partial charge in [-0.15, -0.1) is 0 Å². The van der Waals surface area contributed by atoms with Crippen LogP contribution in [0.3, 0.4) is 0 Å². The number of carbonyl (C=O) groups is 2. The van der Waals surface area contributed by atoms with Gasteiger partial charge in [-0.3, -0.25) is 4.79 Å². The number of anilines is 2. The number of halogens is 2. The van der Waals surface area contributed by atoms with Crippen molar-refractivity contribution < 1.29 is 27.6 Å². The Morgan fingerprint density at radius 2 is 1.81 bits per heavy atom. The first-order valence-corrected chi connectivity index (χ1v) is 13.7. The van der Waals surface area contributed by atoms with Gasteiger partial charge in [-0.05, 0) is 61.2 Å². The van der Waals surface area contributed by atoms with Crippen molar-refractivity contribution in [1.82, 2.24) is 25.8 Å². The summed E-state index contributed by atoms with van der Waals surface area (Å²) in [4.78, 5) is 34.4. The summed E-state index contributed by atoms with van der Waals surface area (Å²) in [5.41, 5.74) is 3.37. The van der Waals surface area contributed by atoms with Crippen LogP contribution >= 0.6 is 0 Å². The van der Waals surface area contributed by atoms with E-state index in [1.807, 2.05) is 12.1 Å². The van der Waals surface area contributed by atoms with Gasteiger partial charge in [0.2, 0.25) is 12.0 Å². The van der Waals surface area contributed by atoms with E-state index in [0.29, 0.717) is 98.2 Å². The smallest absolute Gasteiger partial charge is 0.318 e. The van der Waals surface area contributed by atoms with E-state index < -0.39 is 11.6 Å². The highest BCUT2D eigenvalue weighted by Gasteiger charge is 2.27. The van der Waals surface area contributed by atoms with Crippen LogP contribution in [0.25, 0.3) is 22.5 Å². The molecule has 13 heteroatoms. The van der Waals surface area contributed by atoms with E-state index >= 15 is 0 Å². The third-order valence-electron chi connectivity index (χ3n) is 7.08.